The highest BCUT2D eigenvalue weighted by atomic mass is 79.9. The predicted octanol–water partition coefficient (Wildman–Crippen LogP) is 3.88. The lowest BCUT2D eigenvalue weighted by Gasteiger charge is -2.45. The number of fused-ring (bicyclic) bond motifs is 2. The molecule has 0 N–H and O–H groups in total. The van der Waals surface area contributed by atoms with Crippen LogP contribution in [0.5, 0.6) is 0 Å². The molecule has 0 unspecified atom stereocenters. The molecule has 0 bridgehead atoms. The zero-order valence-corrected chi connectivity index (χ0v) is 19.4. The van der Waals surface area contributed by atoms with Gasteiger partial charge in [-0.05, 0) is 41.8 Å². The van der Waals surface area contributed by atoms with Crippen molar-refractivity contribution in [2.24, 2.45) is 4.99 Å². The number of halogens is 1. The molecule has 0 aromatic heterocycles. The number of hydrogen-bond donors (Lipinski definition) is 0. The summed E-state index contributed by atoms with van der Waals surface area (Å²) in [6, 6.07) is 18.0. The maximum Gasteiger partial charge on any atom is 0.259 e. The first-order chi connectivity index (χ1) is 15.6. The van der Waals surface area contributed by atoms with Crippen LogP contribution >= 0.6 is 15.9 Å². The van der Waals surface area contributed by atoms with Crippen molar-refractivity contribution in [3.05, 3.63) is 81.0 Å². The monoisotopic (exact) mass is 489 g/mol. The van der Waals surface area contributed by atoms with E-state index in [1.807, 2.05) is 53.4 Å². The van der Waals surface area contributed by atoms with Crippen LogP contribution in [-0.2, 0) is 17.9 Å². The second-order valence-electron chi connectivity index (χ2n) is 8.40. The van der Waals surface area contributed by atoms with E-state index in [2.05, 4.69) is 31.8 Å². The van der Waals surface area contributed by atoms with E-state index >= 15 is 0 Å². The first-order valence-corrected chi connectivity index (χ1v) is 11.7. The van der Waals surface area contributed by atoms with Crippen LogP contribution in [0.2, 0.25) is 0 Å². The van der Waals surface area contributed by atoms with Crippen molar-refractivity contribution >= 4 is 27.8 Å². The quantitative estimate of drug-likeness (QED) is 0.653. The van der Waals surface area contributed by atoms with Gasteiger partial charge in [0.15, 0.2) is 0 Å². The normalized spacial score (nSPS) is 18.8. The number of carbonyl (C=O) groups excluding carboxylic acids is 1. The average Bonchev–Trinajstić information content (AvgIpc) is 2.83. The van der Waals surface area contributed by atoms with Crippen LogP contribution in [0, 0.1) is 11.3 Å². The predicted molar refractivity (Wildman–Crippen MR) is 126 cm³/mol. The number of rotatable bonds is 4. The molecular weight excluding hydrogens is 466 g/mol. The van der Waals surface area contributed by atoms with Crippen LogP contribution in [0.3, 0.4) is 0 Å². The Labute approximate surface area is 196 Å². The van der Waals surface area contributed by atoms with Gasteiger partial charge in [0, 0.05) is 49.3 Å². The Morgan fingerprint density at radius 3 is 2.72 bits per heavy atom. The van der Waals surface area contributed by atoms with Crippen LogP contribution < -0.4 is 0 Å². The molecule has 3 aliphatic rings. The molecule has 3 heterocycles. The standard InChI is InChI=1S/C25H24BrN5O/c26-21-7-5-18(6-8-21)16-31-24(32)22-17-29(15-20-4-1-3-19(13-20)14-27)12-9-23(22)30-11-2-10-28-25(30)31/h1,3-8,13H,2,9-12,15-17H2. The summed E-state index contributed by atoms with van der Waals surface area (Å²) in [5, 5.41) is 9.19. The summed E-state index contributed by atoms with van der Waals surface area (Å²) < 4.78 is 1.02. The minimum absolute atomic E-state index is 0.0651. The molecule has 0 spiro atoms. The topological polar surface area (TPSA) is 62.9 Å². The van der Waals surface area contributed by atoms with E-state index < -0.39 is 0 Å². The van der Waals surface area contributed by atoms with E-state index in [1.54, 1.807) is 0 Å². The Morgan fingerprint density at radius 2 is 1.91 bits per heavy atom. The number of aliphatic imine (C=N–C) groups is 1. The van der Waals surface area contributed by atoms with Crippen LogP contribution in [-0.4, -0.2) is 52.7 Å². The largest absolute Gasteiger partial charge is 0.315 e. The van der Waals surface area contributed by atoms with Crippen molar-refractivity contribution in [2.45, 2.75) is 25.9 Å². The second-order valence-corrected chi connectivity index (χ2v) is 9.32. The fourth-order valence-corrected chi connectivity index (χ4v) is 4.94. The van der Waals surface area contributed by atoms with Gasteiger partial charge in [0.25, 0.3) is 5.91 Å². The lowest BCUT2D eigenvalue weighted by atomic mass is 9.99. The van der Waals surface area contributed by atoms with Gasteiger partial charge < -0.3 is 4.90 Å². The minimum Gasteiger partial charge on any atom is -0.315 e. The molecule has 2 aromatic rings. The molecular formula is C25H24BrN5O. The molecule has 5 rings (SSSR count). The molecule has 0 radical (unpaired) electrons. The van der Waals surface area contributed by atoms with Crippen molar-refractivity contribution < 1.29 is 4.79 Å². The highest BCUT2D eigenvalue weighted by molar-refractivity contribution is 9.10. The zero-order chi connectivity index (χ0) is 22.1. The molecule has 3 aliphatic heterocycles. The van der Waals surface area contributed by atoms with E-state index in [4.69, 9.17) is 4.99 Å². The number of nitriles is 1. The van der Waals surface area contributed by atoms with Crippen molar-refractivity contribution in [1.82, 2.24) is 14.7 Å². The molecule has 0 saturated heterocycles. The maximum atomic E-state index is 13.7. The molecule has 0 fully saturated rings. The third-order valence-corrected chi connectivity index (χ3v) is 6.74. The van der Waals surface area contributed by atoms with E-state index in [9.17, 15) is 10.1 Å². The fourth-order valence-electron chi connectivity index (χ4n) is 4.68. The second kappa shape index (κ2) is 8.89. The number of hydrogen-bond acceptors (Lipinski definition) is 5. The Bertz CT molecular complexity index is 1150. The van der Waals surface area contributed by atoms with Gasteiger partial charge in [-0.2, -0.15) is 5.26 Å². The SMILES string of the molecule is N#Cc1cccc(CN2CCC3=C(C2)C(=O)N(Cc2ccc(Br)cc2)C2=NCCCN23)c1. The summed E-state index contributed by atoms with van der Waals surface area (Å²) in [5.41, 5.74) is 4.87. The number of benzene rings is 2. The summed E-state index contributed by atoms with van der Waals surface area (Å²) in [7, 11) is 0. The summed E-state index contributed by atoms with van der Waals surface area (Å²) in [6.45, 7) is 4.42. The summed E-state index contributed by atoms with van der Waals surface area (Å²) in [6.07, 6.45) is 1.84. The van der Waals surface area contributed by atoms with Crippen molar-refractivity contribution in [1.29, 1.82) is 5.26 Å². The van der Waals surface area contributed by atoms with E-state index in [1.165, 1.54) is 0 Å². The number of amides is 1. The average molecular weight is 490 g/mol. The van der Waals surface area contributed by atoms with Gasteiger partial charge in [-0.3, -0.25) is 19.6 Å². The highest BCUT2D eigenvalue weighted by Crippen LogP contribution is 2.32. The number of carbonyl (C=O) groups is 1. The van der Waals surface area contributed by atoms with Gasteiger partial charge in [0.05, 0.1) is 23.8 Å². The van der Waals surface area contributed by atoms with Crippen LogP contribution in [0.1, 0.15) is 29.5 Å². The van der Waals surface area contributed by atoms with Crippen molar-refractivity contribution in [3.63, 3.8) is 0 Å². The van der Waals surface area contributed by atoms with Crippen molar-refractivity contribution in [3.8, 4) is 6.07 Å². The van der Waals surface area contributed by atoms with Crippen LogP contribution in [0.25, 0.3) is 0 Å². The molecule has 7 heteroatoms. The fraction of sp³-hybridized carbons (Fsp3) is 0.320. The molecule has 2 aromatic carbocycles. The number of guanidine groups is 1. The van der Waals surface area contributed by atoms with Crippen molar-refractivity contribution in [2.75, 3.05) is 26.2 Å². The molecule has 32 heavy (non-hydrogen) atoms. The summed E-state index contributed by atoms with van der Waals surface area (Å²) in [5.74, 6) is 0.869. The molecule has 1 amide bonds. The maximum absolute atomic E-state index is 13.7. The Balaban J connectivity index is 1.41. The van der Waals surface area contributed by atoms with Gasteiger partial charge in [-0.1, -0.05) is 40.2 Å². The third-order valence-electron chi connectivity index (χ3n) is 6.22. The number of nitrogens with zero attached hydrogens (tertiary/aromatic N) is 5. The smallest absolute Gasteiger partial charge is 0.259 e. The lowest BCUT2D eigenvalue weighted by Crippen LogP contribution is -2.56. The first-order valence-electron chi connectivity index (χ1n) is 10.9. The molecule has 6 nitrogen and oxygen atoms in total. The lowest BCUT2D eigenvalue weighted by molar-refractivity contribution is -0.125. The van der Waals surface area contributed by atoms with Gasteiger partial charge in [-0.15, -0.1) is 0 Å². The van der Waals surface area contributed by atoms with E-state index in [0.29, 0.717) is 18.7 Å². The zero-order valence-electron chi connectivity index (χ0n) is 17.8. The molecule has 0 atom stereocenters. The first kappa shape index (κ1) is 20.9. The Kier molecular flexibility index (Phi) is 5.81. The van der Waals surface area contributed by atoms with Crippen LogP contribution in [0.4, 0.5) is 0 Å². The van der Waals surface area contributed by atoms with Gasteiger partial charge in [0.2, 0.25) is 5.96 Å². The van der Waals surface area contributed by atoms with Gasteiger partial charge in [0.1, 0.15) is 0 Å². The summed E-state index contributed by atoms with van der Waals surface area (Å²) in [4.78, 5) is 24.8. The molecule has 0 aliphatic carbocycles. The molecule has 162 valence electrons. The molecule has 0 saturated carbocycles. The minimum atomic E-state index is 0.0651. The van der Waals surface area contributed by atoms with E-state index in [-0.39, 0.29) is 5.91 Å². The summed E-state index contributed by atoms with van der Waals surface area (Å²) >= 11 is 3.48. The third kappa shape index (κ3) is 4.08. The van der Waals surface area contributed by atoms with Gasteiger partial charge in [-0.25, -0.2) is 0 Å². The van der Waals surface area contributed by atoms with E-state index in [0.717, 1.165) is 71.8 Å². The van der Waals surface area contributed by atoms with Crippen LogP contribution in [0.15, 0.2) is 69.3 Å². The highest BCUT2D eigenvalue weighted by Gasteiger charge is 2.40. The Hall–Kier alpha value is -2.95. The van der Waals surface area contributed by atoms with Gasteiger partial charge >= 0.3 is 0 Å². The Morgan fingerprint density at radius 1 is 1.06 bits per heavy atom.